The molecule has 1 fully saturated rings. The summed E-state index contributed by atoms with van der Waals surface area (Å²) in [6.07, 6.45) is 2.65. The molecule has 0 aliphatic carbocycles. The van der Waals surface area contributed by atoms with Crippen molar-refractivity contribution in [1.82, 2.24) is 5.32 Å². The van der Waals surface area contributed by atoms with Gasteiger partial charge in [-0.25, -0.2) is 0 Å². The van der Waals surface area contributed by atoms with Crippen LogP contribution in [0.1, 0.15) is 31.4 Å². The fraction of sp³-hybridized carbons (Fsp3) is 0.571. The third kappa shape index (κ3) is 3.65. The van der Waals surface area contributed by atoms with E-state index in [-0.39, 0.29) is 0 Å². The van der Waals surface area contributed by atoms with E-state index in [1.54, 1.807) is 7.11 Å². The first kappa shape index (κ1) is 12.8. The Bertz CT molecular complexity index is 350. The first-order valence-corrected chi connectivity index (χ1v) is 7.43. The first-order chi connectivity index (χ1) is 8.29. The van der Waals surface area contributed by atoms with E-state index in [0.717, 1.165) is 5.75 Å². The maximum absolute atomic E-state index is 5.26. The van der Waals surface area contributed by atoms with E-state index >= 15 is 0 Å². The van der Waals surface area contributed by atoms with Crippen molar-refractivity contribution >= 4 is 11.8 Å². The van der Waals surface area contributed by atoms with Gasteiger partial charge in [0.2, 0.25) is 0 Å². The molecular weight excluding hydrogens is 230 g/mol. The minimum Gasteiger partial charge on any atom is -0.497 e. The van der Waals surface area contributed by atoms with Gasteiger partial charge in [0.15, 0.2) is 0 Å². The lowest BCUT2D eigenvalue weighted by molar-refractivity contribution is 0.411. The highest BCUT2D eigenvalue weighted by molar-refractivity contribution is 7.99. The molecule has 1 unspecified atom stereocenters. The second-order valence-electron chi connectivity index (χ2n) is 4.58. The van der Waals surface area contributed by atoms with Crippen LogP contribution in [-0.4, -0.2) is 24.7 Å². The standard InChI is InChI=1S/C14H21NOS/c1-11(15-13-6-4-8-17-10-13)12-5-3-7-14(9-12)16-2/h3,5,7,9,11,13,15H,4,6,8,10H2,1-2H3/t11-,13?/m0/s1. The Morgan fingerprint density at radius 3 is 3.06 bits per heavy atom. The van der Waals surface area contributed by atoms with Crippen molar-refractivity contribution in [2.45, 2.75) is 31.8 Å². The molecule has 1 N–H and O–H groups in total. The minimum atomic E-state index is 0.397. The van der Waals surface area contributed by atoms with Crippen molar-refractivity contribution in [1.29, 1.82) is 0 Å². The van der Waals surface area contributed by atoms with Crippen molar-refractivity contribution in [2.24, 2.45) is 0 Å². The van der Waals surface area contributed by atoms with Gasteiger partial charge in [0, 0.05) is 17.8 Å². The molecule has 0 saturated carbocycles. The van der Waals surface area contributed by atoms with Crippen molar-refractivity contribution < 1.29 is 4.74 Å². The van der Waals surface area contributed by atoms with Crippen LogP contribution in [0.3, 0.4) is 0 Å². The first-order valence-electron chi connectivity index (χ1n) is 6.27. The van der Waals surface area contributed by atoms with E-state index in [1.165, 1.54) is 29.9 Å². The average Bonchev–Trinajstić information content (AvgIpc) is 2.40. The smallest absolute Gasteiger partial charge is 0.119 e. The van der Waals surface area contributed by atoms with Crippen molar-refractivity contribution in [3.8, 4) is 5.75 Å². The molecule has 1 saturated heterocycles. The Morgan fingerprint density at radius 1 is 1.47 bits per heavy atom. The van der Waals surface area contributed by atoms with Gasteiger partial charge in [0.1, 0.15) is 5.75 Å². The summed E-state index contributed by atoms with van der Waals surface area (Å²) in [6.45, 7) is 2.23. The van der Waals surface area contributed by atoms with E-state index in [2.05, 4.69) is 42.2 Å². The molecule has 17 heavy (non-hydrogen) atoms. The second-order valence-corrected chi connectivity index (χ2v) is 5.73. The number of ether oxygens (including phenoxy) is 1. The largest absolute Gasteiger partial charge is 0.497 e. The molecule has 0 bridgehead atoms. The Hall–Kier alpha value is -0.670. The summed E-state index contributed by atoms with van der Waals surface area (Å²) in [5.41, 5.74) is 1.31. The quantitative estimate of drug-likeness (QED) is 0.887. The van der Waals surface area contributed by atoms with Gasteiger partial charge in [-0.05, 0) is 43.2 Å². The van der Waals surface area contributed by atoms with Crippen LogP contribution in [0.5, 0.6) is 5.75 Å². The number of benzene rings is 1. The van der Waals surface area contributed by atoms with Gasteiger partial charge in [-0.1, -0.05) is 12.1 Å². The fourth-order valence-electron chi connectivity index (χ4n) is 2.23. The molecule has 0 amide bonds. The predicted molar refractivity (Wildman–Crippen MR) is 74.9 cm³/mol. The summed E-state index contributed by atoms with van der Waals surface area (Å²) in [5, 5.41) is 3.71. The van der Waals surface area contributed by atoms with Crippen LogP contribution in [0.4, 0.5) is 0 Å². The van der Waals surface area contributed by atoms with Crippen LogP contribution in [-0.2, 0) is 0 Å². The topological polar surface area (TPSA) is 21.3 Å². The van der Waals surface area contributed by atoms with E-state index in [0.29, 0.717) is 12.1 Å². The zero-order valence-electron chi connectivity index (χ0n) is 10.6. The van der Waals surface area contributed by atoms with Gasteiger partial charge in [-0.2, -0.15) is 11.8 Å². The van der Waals surface area contributed by atoms with Gasteiger partial charge in [0.05, 0.1) is 7.11 Å². The average molecular weight is 251 g/mol. The SMILES string of the molecule is COc1cccc([C@H](C)NC2CCCSC2)c1. The molecule has 3 heteroatoms. The Kier molecular flexibility index (Phi) is 4.75. The maximum Gasteiger partial charge on any atom is 0.119 e. The molecule has 94 valence electrons. The summed E-state index contributed by atoms with van der Waals surface area (Å²) in [5.74, 6) is 3.51. The summed E-state index contributed by atoms with van der Waals surface area (Å²) in [4.78, 5) is 0. The Morgan fingerprint density at radius 2 is 2.35 bits per heavy atom. The van der Waals surface area contributed by atoms with Gasteiger partial charge in [-0.3, -0.25) is 0 Å². The molecule has 1 aromatic rings. The van der Waals surface area contributed by atoms with Gasteiger partial charge >= 0.3 is 0 Å². The number of thioether (sulfide) groups is 1. The lowest BCUT2D eigenvalue weighted by Crippen LogP contribution is -2.35. The van der Waals surface area contributed by atoms with E-state index in [4.69, 9.17) is 4.74 Å². The summed E-state index contributed by atoms with van der Waals surface area (Å²) in [7, 11) is 1.72. The number of rotatable bonds is 4. The number of nitrogens with one attached hydrogen (secondary N) is 1. The lowest BCUT2D eigenvalue weighted by atomic mass is 10.1. The third-order valence-corrected chi connectivity index (χ3v) is 4.46. The molecule has 2 nitrogen and oxygen atoms in total. The van der Waals surface area contributed by atoms with Gasteiger partial charge in [0.25, 0.3) is 0 Å². The van der Waals surface area contributed by atoms with Gasteiger partial charge < -0.3 is 10.1 Å². The number of methoxy groups -OCH3 is 1. The highest BCUT2D eigenvalue weighted by Crippen LogP contribution is 2.22. The van der Waals surface area contributed by atoms with E-state index in [9.17, 15) is 0 Å². The molecule has 1 aliphatic heterocycles. The van der Waals surface area contributed by atoms with Crippen LogP contribution in [0.25, 0.3) is 0 Å². The highest BCUT2D eigenvalue weighted by atomic mass is 32.2. The molecule has 1 aromatic carbocycles. The highest BCUT2D eigenvalue weighted by Gasteiger charge is 2.16. The number of hydrogen-bond donors (Lipinski definition) is 1. The Labute approximate surface area is 108 Å². The minimum absolute atomic E-state index is 0.397. The molecule has 1 aliphatic rings. The summed E-state index contributed by atoms with van der Waals surface area (Å²) < 4.78 is 5.26. The van der Waals surface area contributed by atoms with Crippen molar-refractivity contribution in [3.63, 3.8) is 0 Å². The van der Waals surface area contributed by atoms with Crippen LogP contribution in [0.15, 0.2) is 24.3 Å². The van der Waals surface area contributed by atoms with Crippen LogP contribution in [0.2, 0.25) is 0 Å². The van der Waals surface area contributed by atoms with Gasteiger partial charge in [-0.15, -0.1) is 0 Å². The lowest BCUT2D eigenvalue weighted by Gasteiger charge is -2.26. The van der Waals surface area contributed by atoms with E-state index < -0.39 is 0 Å². The summed E-state index contributed by atoms with van der Waals surface area (Å²) in [6, 6.07) is 9.39. The normalized spacial score (nSPS) is 22.1. The van der Waals surface area contributed by atoms with Crippen LogP contribution >= 0.6 is 11.8 Å². The number of hydrogen-bond acceptors (Lipinski definition) is 3. The van der Waals surface area contributed by atoms with Crippen molar-refractivity contribution in [3.05, 3.63) is 29.8 Å². The van der Waals surface area contributed by atoms with Crippen LogP contribution in [0, 0.1) is 0 Å². The molecule has 0 spiro atoms. The third-order valence-electron chi connectivity index (χ3n) is 3.24. The monoisotopic (exact) mass is 251 g/mol. The molecule has 2 rings (SSSR count). The molecule has 0 radical (unpaired) electrons. The zero-order valence-corrected chi connectivity index (χ0v) is 11.4. The molecule has 2 atom stereocenters. The molecular formula is C14H21NOS. The zero-order chi connectivity index (χ0) is 12.1. The molecule has 1 heterocycles. The van der Waals surface area contributed by atoms with Crippen molar-refractivity contribution in [2.75, 3.05) is 18.6 Å². The maximum atomic E-state index is 5.26. The van der Waals surface area contributed by atoms with E-state index in [1.807, 2.05) is 6.07 Å². The second kappa shape index (κ2) is 6.31. The molecule has 0 aromatic heterocycles. The fourth-order valence-corrected chi connectivity index (χ4v) is 3.32. The predicted octanol–water partition coefficient (Wildman–Crippen LogP) is 3.24. The summed E-state index contributed by atoms with van der Waals surface area (Å²) >= 11 is 2.06. The van der Waals surface area contributed by atoms with Crippen LogP contribution < -0.4 is 10.1 Å². The Balaban J connectivity index is 1.95.